The van der Waals surface area contributed by atoms with Crippen molar-refractivity contribution >= 4 is 0 Å². The van der Waals surface area contributed by atoms with Gasteiger partial charge in [-0.1, -0.05) is 50.6 Å². The molecule has 1 atom stereocenters. The molecule has 19 heavy (non-hydrogen) atoms. The fourth-order valence-electron chi connectivity index (χ4n) is 2.35. The van der Waals surface area contributed by atoms with E-state index in [2.05, 4.69) is 58.9 Å². The number of aryl methyl sites for hydroxylation is 2. The number of hydrogen-bond donors (Lipinski definition) is 0. The number of ether oxygens (including phenoxy) is 1. The SMILES string of the molecule is CC/C=C\CC(C)c1cc(C)cc(C)c1OCCC. The Kier molecular flexibility index (Phi) is 6.69. The van der Waals surface area contributed by atoms with E-state index in [1.54, 1.807) is 0 Å². The molecule has 0 N–H and O–H groups in total. The Labute approximate surface area is 118 Å². The summed E-state index contributed by atoms with van der Waals surface area (Å²) in [7, 11) is 0. The van der Waals surface area contributed by atoms with Crippen LogP contribution in [0, 0.1) is 13.8 Å². The van der Waals surface area contributed by atoms with Gasteiger partial charge in [-0.05, 0) is 50.2 Å². The second-order valence-electron chi connectivity index (χ2n) is 5.37. The van der Waals surface area contributed by atoms with Gasteiger partial charge in [0.05, 0.1) is 6.61 Å². The van der Waals surface area contributed by atoms with Gasteiger partial charge in [-0.2, -0.15) is 0 Å². The molecule has 1 nitrogen and oxygen atoms in total. The number of rotatable bonds is 7. The maximum absolute atomic E-state index is 5.98. The van der Waals surface area contributed by atoms with Crippen LogP contribution in [0.4, 0.5) is 0 Å². The zero-order valence-electron chi connectivity index (χ0n) is 13.1. The molecule has 106 valence electrons. The summed E-state index contributed by atoms with van der Waals surface area (Å²) in [6, 6.07) is 4.49. The summed E-state index contributed by atoms with van der Waals surface area (Å²) in [6.45, 7) is 11.7. The molecule has 0 bridgehead atoms. The molecule has 0 aromatic heterocycles. The Hall–Kier alpha value is -1.24. The van der Waals surface area contributed by atoms with Crippen molar-refractivity contribution in [2.24, 2.45) is 0 Å². The van der Waals surface area contributed by atoms with E-state index in [-0.39, 0.29) is 0 Å². The number of allylic oxidation sites excluding steroid dienone is 2. The molecule has 0 fully saturated rings. The standard InChI is InChI=1S/C18H28O/c1-6-8-9-10-15(4)17-13-14(3)12-16(5)18(17)19-11-7-2/h8-9,12-13,15H,6-7,10-11H2,1-5H3/b9-8-. The highest BCUT2D eigenvalue weighted by Gasteiger charge is 2.13. The molecule has 0 radical (unpaired) electrons. The molecule has 0 aliphatic carbocycles. The summed E-state index contributed by atoms with van der Waals surface area (Å²) < 4.78 is 5.98. The van der Waals surface area contributed by atoms with E-state index >= 15 is 0 Å². The van der Waals surface area contributed by atoms with Crippen molar-refractivity contribution in [2.75, 3.05) is 6.61 Å². The Morgan fingerprint density at radius 2 is 1.89 bits per heavy atom. The summed E-state index contributed by atoms with van der Waals surface area (Å²) in [5, 5.41) is 0. The largest absolute Gasteiger partial charge is 0.493 e. The average Bonchev–Trinajstić information content (AvgIpc) is 2.37. The summed E-state index contributed by atoms with van der Waals surface area (Å²) >= 11 is 0. The Morgan fingerprint density at radius 3 is 2.53 bits per heavy atom. The molecule has 1 heteroatoms. The lowest BCUT2D eigenvalue weighted by molar-refractivity contribution is 0.310. The number of hydrogen-bond acceptors (Lipinski definition) is 1. The van der Waals surface area contributed by atoms with Crippen molar-refractivity contribution in [3.05, 3.63) is 41.0 Å². The zero-order valence-corrected chi connectivity index (χ0v) is 13.1. The molecular formula is C18H28O. The van der Waals surface area contributed by atoms with Gasteiger partial charge >= 0.3 is 0 Å². The summed E-state index contributed by atoms with van der Waals surface area (Å²) in [6.07, 6.45) is 7.77. The van der Waals surface area contributed by atoms with Gasteiger partial charge in [-0.3, -0.25) is 0 Å². The smallest absolute Gasteiger partial charge is 0.125 e. The predicted molar refractivity (Wildman–Crippen MR) is 84.2 cm³/mol. The maximum atomic E-state index is 5.98. The molecular weight excluding hydrogens is 232 g/mol. The maximum Gasteiger partial charge on any atom is 0.125 e. The van der Waals surface area contributed by atoms with Crippen molar-refractivity contribution in [3.63, 3.8) is 0 Å². The molecule has 1 unspecified atom stereocenters. The van der Waals surface area contributed by atoms with E-state index in [4.69, 9.17) is 4.74 Å². The minimum Gasteiger partial charge on any atom is -0.493 e. The van der Waals surface area contributed by atoms with Crippen LogP contribution in [0.3, 0.4) is 0 Å². The normalized spacial score (nSPS) is 12.9. The van der Waals surface area contributed by atoms with Crippen molar-refractivity contribution in [3.8, 4) is 5.75 Å². The molecule has 0 spiro atoms. The molecule has 0 amide bonds. The van der Waals surface area contributed by atoms with E-state index in [9.17, 15) is 0 Å². The van der Waals surface area contributed by atoms with E-state index in [1.807, 2.05) is 0 Å². The average molecular weight is 260 g/mol. The van der Waals surface area contributed by atoms with Crippen LogP contribution < -0.4 is 4.74 Å². The van der Waals surface area contributed by atoms with Crippen molar-refractivity contribution in [1.82, 2.24) is 0 Å². The van der Waals surface area contributed by atoms with Gasteiger partial charge in [-0.25, -0.2) is 0 Å². The molecule has 0 saturated carbocycles. The van der Waals surface area contributed by atoms with Crippen LogP contribution in [-0.2, 0) is 0 Å². The monoisotopic (exact) mass is 260 g/mol. The third kappa shape index (κ3) is 4.74. The van der Waals surface area contributed by atoms with E-state index in [1.165, 1.54) is 16.7 Å². The molecule has 1 aromatic rings. The second kappa shape index (κ2) is 8.04. The van der Waals surface area contributed by atoms with Crippen LogP contribution in [0.1, 0.15) is 62.6 Å². The van der Waals surface area contributed by atoms with Gasteiger partial charge in [0.25, 0.3) is 0 Å². The first kappa shape index (κ1) is 15.8. The van der Waals surface area contributed by atoms with E-state index in [0.717, 1.165) is 31.6 Å². The Bertz CT molecular complexity index is 418. The van der Waals surface area contributed by atoms with Gasteiger partial charge in [0.15, 0.2) is 0 Å². The van der Waals surface area contributed by atoms with Gasteiger partial charge in [0.1, 0.15) is 5.75 Å². The lowest BCUT2D eigenvalue weighted by atomic mass is 9.93. The highest BCUT2D eigenvalue weighted by Crippen LogP contribution is 2.33. The lowest BCUT2D eigenvalue weighted by Crippen LogP contribution is -2.04. The molecule has 0 heterocycles. The van der Waals surface area contributed by atoms with E-state index in [0.29, 0.717) is 5.92 Å². The van der Waals surface area contributed by atoms with Crippen molar-refractivity contribution in [2.45, 2.75) is 59.8 Å². The third-order valence-electron chi connectivity index (χ3n) is 3.32. The van der Waals surface area contributed by atoms with Crippen LogP contribution >= 0.6 is 0 Å². The van der Waals surface area contributed by atoms with Crippen LogP contribution in [-0.4, -0.2) is 6.61 Å². The van der Waals surface area contributed by atoms with Crippen molar-refractivity contribution < 1.29 is 4.74 Å². The van der Waals surface area contributed by atoms with Gasteiger partial charge in [-0.15, -0.1) is 0 Å². The molecule has 1 rings (SSSR count). The topological polar surface area (TPSA) is 9.23 Å². The van der Waals surface area contributed by atoms with Crippen LogP contribution in [0.2, 0.25) is 0 Å². The molecule has 0 saturated heterocycles. The molecule has 0 aliphatic heterocycles. The highest BCUT2D eigenvalue weighted by molar-refractivity contribution is 5.45. The summed E-state index contributed by atoms with van der Waals surface area (Å²) in [5.74, 6) is 1.61. The van der Waals surface area contributed by atoms with Crippen LogP contribution in [0.15, 0.2) is 24.3 Å². The van der Waals surface area contributed by atoms with Gasteiger partial charge < -0.3 is 4.74 Å². The third-order valence-corrected chi connectivity index (χ3v) is 3.32. The first-order chi connectivity index (χ1) is 9.10. The quantitative estimate of drug-likeness (QED) is 0.584. The highest BCUT2D eigenvalue weighted by atomic mass is 16.5. The van der Waals surface area contributed by atoms with Crippen LogP contribution in [0.25, 0.3) is 0 Å². The first-order valence-electron chi connectivity index (χ1n) is 7.49. The number of benzene rings is 1. The van der Waals surface area contributed by atoms with E-state index < -0.39 is 0 Å². The zero-order chi connectivity index (χ0) is 14.3. The van der Waals surface area contributed by atoms with Crippen molar-refractivity contribution in [1.29, 1.82) is 0 Å². The molecule has 1 aromatic carbocycles. The first-order valence-corrected chi connectivity index (χ1v) is 7.49. The Balaban J connectivity index is 2.98. The summed E-state index contributed by atoms with van der Waals surface area (Å²) in [4.78, 5) is 0. The fourth-order valence-corrected chi connectivity index (χ4v) is 2.35. The minimum absolute atomic E-state index is 0.508. The predicted octanol–water partition coefficient (Wildman–Crippen LogP) is 5.55. The Morgan fingerprint density at radius 1 is 1.16 bits per heavy atom. The van der Waals surface area contributed by atoms with Crippen LogP contribution in [0.5, 0.6) is 5.75 Å². The molecule has 0 aliphatic rings. The van der Waals surface area contributed by atoms with Gasteiger partial charge in [0.2, 0.25) is 0 Å². The van der Waals surface area contributed by atoms with Gasteiger partial charge in [0, 0.05) is 0 Å². The second-order valence-corrected chi connectivity index (χ2v) is 5.37. The summed E-state index contributed by atoms with van der Waals surface area (Å²) in [5.41, 5.74) is 3.93. The fraction of sp³-hybridized carbons (Fsp3) is 0.556. The lowest BCUT2D eigenvalue weighted by Gasteiger charge is -2.19. The minimum atomic E-state index is 0.508.